The molecule has 0 aromatic rings. The van der Waals surface area contributed by atoms with E-state index in [1.165, 1.54) is 18.4 Å². The zero-order valence-electron chi connectivity index (χ0n) is 8.38. The quantitative estimate of drug-likeness (QED) is 0.629. The molecule has 0 radical (unpaired) electrons. The lowest BCUT2D eigenvalue weighted by Crippen LogP contribution is -2.26. The van der Waals surface area contributed by atoms with E-state index < -0.39 is 0 Å². The average molecular weight is 168 g/mol. The van der Waals surface area contributed by atoms with E-state index in [0.29, 0.717) is 11.8 Å². The summed E-state index contributed by atoms with van der Waals surface area (Å²) >= 11 is 0. The van der Waals surface area contributed by atoms with Crippen molar-refractivity contribution in [3.05, 3.63) is 11.6 Å². The fraction of sp³-hybridized carbons (Fsp3) is 0.818. The Morgan fingerprint density at radius 2 is 2.17 bits per heavy atom. The summed E-state index contributed by atoms with van der Waals surface area (Å²) in [5.41, 5.74) is 1.49. The van der Waals surface area contributed by atoms with E-state index in [0.717, 1.165) is 6.42 Å². The molecule has 1 rings (SSSR count). The van der Waals surface area contributed by atoms with Crippen molar-refractivity contribution in [2.45, 2.75) is 46.1 Å². The maximum absolute atomic E-state index is 9.81. The zero-order valence-corrected chi connectivity index (χ0v) is 8.38. The van der Waals surface area contributed by atoms with Crippen LogP contribution in [0, 0.1) is 11.8 Å². The third-order valence-corrected chi connectivity index (χ3v) is 2.84. The van der Waals surface area contributed by atoms with E-state index in [4.69, 9.17) is 0 Å². The fourth-order valence-corrected chi connectivity index (χ4v) is 1.84. The van der Waals surface area contributed by atoms with Gasteiger partial charge in [0, 0.05) is 0 Å². The van der Waals surface area contributed by atoms with E-state index in [-0.39, 0.29) is 6.10 Å². The molecule has 0 aliphatic heterocycles. The molecule has 1 heteroatoms. The van der Waals surface area contributed by atoms with Crippen LogP contribution in [0.15, 0.2) is 11.6 Å². The first kappa shape index (κ1) is 9.79. The molecule has 0 amide bonds. The number of allylic oxidation sites excluding steroid dienone is 2. The summed E-state index contributed by atoms with van der Waals surface area (Å²) in [6, 6.07) is 0. The average Bonchev–Trinajstić information content (AvgIpc) is 2.04. The Balaban J connectivity index is 2.45. The second-order valence-electron chi connectivity index (χ2n) is 4.32. The van der Waals surface area contributed by atoms with Crippen molar-refractivity contribution in [3.8, 4) is 0 Å². The molecule has 2 atom stereocenters. The minimum absolute atomic E-state index is 0.102. The standard InChI is InChI=1S/C11H20O/c1-8(2)11(12)10-6-4-9(3)5-7-10/h4,8,10-12H,5-7H2,1-3H3. The van der Waals surface area contributed by atoms with Gasteiger partial charge in [0.2, 0.25) is 0 Å². The number of aliphatic hydroxyl groups is 1. The van der Waals surface area contributed by atoms with Gasteiger partial charge < -0.3 is 5.11 Å². The molecule has 1 N–H and O–H groups in total. The molecular formula is C11H20O. The Kier molecular flexibility index (Phi) is 3.33. The Morgan fingerprint density at radius 1 is 1.50 bits per heavy atom. The van der Waals surface area contributed by atoms with Crippen molar-refractivity contribution in [2.75, 3.05) is 0 Å². The molecule has 0 aromatic carbocycles. The highest BCUT2D eigenvalue weighted by Crippen LogP contribution is 2.28. The topological polar surface area (TPSA) is 20.2 Å². The number of aliphatic hydroxyl groups excluding tert-OH is 1. The molecule has 70 valence electrons. The Labute approximate surface area is 75.5 Å². The van der Waals surface area contributed by atoms with Crippen LogP contribution in [-0.4, -0.2) is 11.2 Å². The normalized spacial score (nSPS) is 27.1. The first-order valence-corrected chi connectivity index (χ1v) is 4.95. The highest BCUT2D eigenvalue weighted by molar-refractivity contribution is 5.03. The van der Waals surface area contributed by atoms with E-state index in [1.54, 1.807) is 0 Å². The summed E-state index contributed by atoms with van der Waals surface area (Å²) < 4.78 is 0. The van der Waals surface area contributed by atoms with Gasteiger partial charge in [-0.05, 0) is 38.0 Å². The Hall–Kier alpha value is -0.300. The van der Waals surface area contributed by atoms with E-state index in [1.807, 2.05) is 0 Å². The second-order valence-corrected chi connectivity index (χ2v) is 4.32. The molecule has 0 saturated heterocycles. The second kappa shape index (κ2) is 4.08. The predicted molar refractivity (Wildman–Crippen MR) is 51.9 cm³/mol. The van der Waals surface area contributed by atoms with Crippen molar-refractivity contribution < 1.29 is 5.11 Å². The molecule has 0 fully saturated rings. The highest BCUT2D eigenvalue weighted by atomic mass is 16.3. The molecular weight excluding hydrogens is 148 g/mol. The van der Waals surface area contributed by atoms with Crippen molar-refractivity contribution in [1.82, 2.24) is 0 Å². The van der Waals surface area contributed by atoms with Crippen LogP contribution in [-0.2, 0) is 0 Å². The molecule has 0 saturated carbocycles. The van der Waals surface area contributed by atoms with Crippen LogP contribution >= 0.6 is 0 Å². The Morgan fingerprint density at radius 3 is 2.58 bits per heavy atom. The van der Waals surface area contributed by atoms with Crippen LogP contribution in [0.5, 0.6) is 0 Å². The summed E-state index contributed by atoms with van der Waals surface area (Å²) in [6.45, 7) is 6.36. The van der Waals surface area contributed by atoms with Gasteiger partial charge in [-0.25, -0.2) is 0 Å². The van der Waals surface area contributed by atoms with E-state index >= 15 is 0 Å². The summed E-state index contributed by atoms with van der Waals surface area (Å²) in [5, 5.41) is 9.81. The van der Waals surface area contributed by atoms with Gasteiger partial charge >= 0.3 is 0 Å². The van der Waals surface area contributed by atoms with Crippen LogP contribution in [0.25, 0.3) is 0 Å². The molecule has 0 spiro atoms. The van der Waals surface area contributed by atoms with Gasteiger partial charge in [0.15, 0.2) is 0 Å². The SMILES string of the molecule is CC1=CCC(C(O)C(C)C)CC1. The molecule has 1 aliphatic carbocycles. The molecule has 0 aromatic heterocycles. The first-order chi connectivity index (χ1) is 5.61. The van der Waals surface area contributed by atoms with Gasteiger partial charge in [0.25, 0.3) is 0 Å². The van der Waals surface area contributed by atoms with Gasteiger partial charge in [0.1, 0.15) is 0 Å². The van der Waals surface area contributed by atoms with Gasteiger partial charge in [-0.1, -0.05) is 25.5 Å². The third kappa shape index (κ3) is 2.34. The molecule has 0 bridgehead atoms. The van der Waals surface area contributed by atoms with Crippen LogP contribution < -0.4 is 0 Å². The van der Waals surface area contributed by atoms with Crippen molar-refractivity contribution >= 4 is 0 Å². The van der Waals surface area contributed by atoms with Gasteiger partial charge in [-0.2, -0.15) is 0 Å². The molecule has 1 aliphatic rings. The maximum atomic E-state index is 9.81. The fourth-order valence-electron chi connectivity index (χ4n) is 1.84. The molecule has 0 heterocycles. The van der Waals surface area contributed by atoms with Gasteiger partial charge in [-0.3, -0.25) is 0 Å². The molecule has 12 heavy (non-hydrogen) atoms. The maximum Gasteiger partial charge on any atom is 0.0594 e. The number of hydrogen-bond acceptors (Lipinski definition) is 1. The van der Waals surface area contributed by atoms with Crippen molar-refractivity contribution in [2.24, 2.45) is 11.8 Å². The van der Waals surface area contributed by atoms with E-state index in [2.05, 4.69) is 26.8 Å². The van der Waals surface area contributed by atoms with Crippen LogP contribution in [0.3, 0.4) is 0 Å². The lowest BCUT2D eigenvalue weighted by Gasteiger charge is -2.27. The van der Waals surface area contributed by atoms with Crippen LogP contribution in [0.4, 0.5) is 0 Å². The van der Waals surface area contributed by atoms with Crippen molar-refractivity contribution in [1.29, 1.82) is 0 Å². The lowest BCUT2D eigenvalue weighted by molar-refractivity contribution is 0.0594. The van der Waals surface area contributed by atoms with Crippen LogP contribution in [0.2, 0.25) is 0 Å². The van der Waals surface area contributed by atoms with Gasteiger partial charge in [-0.15, -0.1) is 0 Å². The molecule has 2 unspecified atom stereocenters. The summed E-state index contributed by atoms with van der Waals surface area (Å²) in [7, 11) is 0. The third-order valence-electron chi connectivity index (χ3n) is 2.84. The lowest BCUT2D eigenvalue weighted by atomic mass is 9.82. The number of rotatable bonds is 2. The minimum atomic E-state index is -0.102. The summed E-state index contributed by atoms with van der Waals surface area (Å²) in [4.78, 5) is 0. The van der Waals surface area contributed by atoms with Crippen LogP contribution in [0.1, 0.15) is 40.0 Å². The monoisotopic (exact) mass is 168 g/mol. The van der Waals surface area contributed by atoms with Gasteiger partial charge in [0.05, 0.1) is 6.10 Å². The minimum Gasteiger partial charge on any atom is -0.393 e. The van der Waals surface area contributed by atoms with Crippen molar-refractivity contribution in [3.63, 3.8) is 0 Å². The van der Waals surface area contributed by atoms with E-state index in [9.17, 15) is 5.11 Å². The smallest absolute Gasteiger partial charge is 0.0594 e. The molecule has 1 nitrogen and oxygen atoms in total. The Bertz CT molecular complexity index is 170. The highest BCUT2D eigenvalue weighted by Gasteiger charge is 2.22. The predicted octanol–water partition coefficient (Wildman–Crippen LogP) is 2.75. The summed E-state index contributed by atoms with van der Waals surface area (Å²) in [6.07, 6.45) is 5.59. The number of hydrogen-bond donors (Lipinski definition) is 1. The first-order valence-electron chi connectivity index (χ1n) is 4.95. The largest absolute Gasteiger partial charge is 0.393 e. The zero-order chi connectivity index (χ0) is 9.14. The summed E-state index contributed by atoms with van der Waals surface area (Å²) in [5.74, 6) is 0.913.